The lowest BCUT2D eigenvalue weighted by molar-refractivity contribution is 0.0714. The molecule has 0 unspecified atom stereocenters. The Kier molecular flexibility index (Phi) is 2.50. The summed E-state index contributed by atoms with van der Waals surface area (Å²) in [5.41, 5.74) is 6.04. The molecule has 1 amide bonds. The summed E-state index contributed by atoms with van der Waals surface area (Å²) in [5.74, 6) is -2.59. The number of piperazine rings is 1. The Morgan fingerprint density at radius 2 is 2.00 bits per heavy atom. The van der Waals surface area contributed by atoms with Crippen LogP contribution in [-0.4, -0.2) is 60.9 Å². The van der Waals surface area contributed by atoms with E-state index in [0.717, 1.165) is 17.0 Å². The molecule has 0 atom stereocenters. The largest absolute Gasteiger partial charge is 0.493 e. The Bertz CT molecular complexity index is 1340. The molecule has 4 rings (SSSR count). The highest BCUT2D eigenvalue weighted by Crippen LogP contribution is 2.34. The van der Waals surface area contributed by atoms with Gasteiger partial charge in [-0.25, -0.2) is 4.98 Å². The number of furan rings is 1. The molecule has 3 aromatic rings. The molecule has 1 aliphatic heterocycles. The zero-order valence-corrected chi connectivity index (χ0v) is 14.3. The molecule has 2 N–H and O–H groups in total. The van der Waals surface area contributed by atoms with Gasteiger partial charge in [-0.15, -0.1) is 0 Å². The number of benzene rings is 1. The number of aromatic nitrogens is 2. The molecule has 1 aromatic carbocycles. The number of ether oxygens (including phenoxy) is 2. The highest BCUT2D eigenvalue weighted by molar-refractivity contribution is 5.92. The fourth-order valence-electron chi connectivity index (χ4n) is 2.67. The van der Waals surface area contributed by atoms with Crippen molar-refractivity contribution in [2.75, 3.05) is 50.8 Å². The van der Waals surface area contributed by atoms with Gasteiger partial charge in [0.15, 0.2) is 17.3 Å². The van der Waals surface area contributed by atoms with Gasteiger partial charge in [0.25, 0.3) is 5.91 Å². The van der Waals surface area contributed by atoms with Gasteiger partial charge in [0.1, 0.15) is 5.82 Å². The second-order valence-electron chi connectivity index (χ2n) is 5.72. The summed E-state index contributed by atoms with van der Waals surface area (Å²) in [6, 6.07) is 4.88. The molecule has 1 aliphatic rings. The molecule has 28 heavy (non-hydrogen) atoms. The first-order valence-corrected chi connectivity index (χ1v) is 7.99. The minimum atomic E-state index is -2.97. The molecular formula is C19H21N5O4. The molecule has 0 radical (unpaired) electrons. The van der Waals surface area contributed by atoms with Crippen LogP contribution in [-0.2, 0) is 0 Å². The third-order valence-corrected chi connectivity index (χ3v) is 4.06. The Balaban J connectivity index is 1.75. The van der Waals surface area contributed by atoms with Crippen molar-refractivity contribution in [1.82, 2.24) is 14.9 Å². The molecular weight excluding hydrogens is 362 g/mol. The monoisotopic (exact) mass is 393 g/mol. The zero-order valence-electron chi connectivity index (χ0n) is 24.3. The topological polar surface area (TPSA) is 107 Å². The van der Waals surface area contributed by atoms with E-state index in [1.807, 2.05) is 0 Å². The molecule has 0 aliphatic carbocycles. The maximum absolute atomic E-state index is 12.8. The number of carbonyl (C=O) groups excluding carboxylic acids is 1. The van der Waals surface area contributed by atoms with Crippen molar-refractivity contribution in [3.63, 3.8) is 0 Å². The number of fused-ring (bicyclic) bond motifs is 1. The van der Waals surface area contributed by atoms with Crippen LogP contribution in [0.1, 0.15) is 24.3 Å². The van der Waals surface area contributed by atoms with E-state index in [1.165, 1.54) is 18.4 Å². The van der Waals surface area contributed by atoms with E-state index < -0.39 is 57.6 Å². The summed E-state index contributed by atoms with van der Waals surface area (Å²) < 4.78 is 92.6. The number of nitrogen functional groups attached to an aromatic ring is 1. The van der Waals surface area contributed by atoms with Crippen LogP contribution in [0.4, 0.5) is 11.8 Å². The van der Waals surface area contributed by atoms with Crippen LogP contribution < -0.4 is 20.1 Å². The number of hydrogen-bond acceptors (Lipinski definition) is 8. The minimum absolute atomic E-state index is 0.0140. The van der Waals surface area contributed by atoms with Crippen LogP contribution in [0.5, 0.6) is 11.5 Å². The predicted octanol–water partition coefficient (Wildman–Crippen LogP) is 1.78. The molecule has 0 spiro atoms. The van der Waals surface area contributed by atoms with Gasteiger partial charge in [0, 0.05) is 37.5 Å². The standard InChI is InChI=1S/C19H21N5O4/c1-26-15-10-12-13(11-16(15)27-2)21-19(22-17(12)20)24-7-5-23(6-8-24)18(25)14-4-3-9-28-14/h3-4,9-11H,5-8H2,1-2H3,(H2,20,21,22)/i1D3,2D3,5D2,6D2. The summed E-state index contributed by atoms with van der Waals surface area (Å²) in [5, 5.41) is 0.0727. The van der Waals surface area contributed by atoms with E-state index >= 15 is 0 Å². The summed E-state index contributed by atoms with van der Waals surface area (Å²) in [4.78, 5) is 22.8. The summed E-state index contributed by atoms with van der Waals surface area (Å²) in [6.45, 7) is -6.21. The Labute approximate surface area is 175 Å². The Morgan fingerprint density at radius 3 is 2.68 bits per heavy atom. The second kappa shape index (κ2) is 7.26. The van der Waals surface area contributed by atoms with Gasteiger partial charge in [-0.1, -0.05) is 0 Å². The van der Waals surface area contributed by atoms with Crippen molar-refractivity contribution in [1.29, 1.82) is 0 Å². The van der Waals surface area contributed by atoms with E-state index in [9.17, 15) is 4.79 Å². The Morgan fingerprint density at radius 1 is 1.25 bits per heavy atom. The summed E-state index contributed by atoms with van der Waals surface area (Å²) in [6.07, 6.45) is 1.21. The molecule has 1 saturated heterocycles. The van der Waals surface area contributed by atoms with Gasteiger partial charge in [-0.3, -0.25) is 4.79 Å². The number of amides is 1. The zero-order chi connectivity index (χ0) is 28.3. The van der Waals surface area contributed by atoms with Gasteiger partial charge in [-0.05, 0) is 18.2 Å². The van der Waals surface area contributed by atoms with Crippen LogP contribution in [0, 0.1) is 0 Å². The van der Waals surface area contributed by atoms with Crippen LogP contribution in [0.25, 0.3) is 10.9 Å². The maximum Gasteiger partial charge on any atom is 0.289 e. The van der Waals surface area contributed by atoms with Crippen LogP contribution in [0.15, 0.2) is 34.9 Å². The summed E-state index contributed by atoms with van der Waals surface area (Å²) in [7, 11) is -5.91. The van der Waals surface area contributed by atoms with E-state index in [4.69, 9.17) is 33.3 Å². The molecule has 9 nitrogen and oxygen atoms in total. The normalized spacial score (nSPS) is 24.1. The minimum Gasteiger partial charge on any atom is -0.493 e. The van der Waals surface area contributed by atoms with E-state index in [1.54, 1.807) is 0 Å². The van der Waals surface area contributed by atoms with Crippen LogP contribution >= 0.6 is 0 Å². The fourth-order valence-corrected chi connectivity index (χ4v) is 2.67. The lowest BCUT2D eigenvalue weighted by Gasteiger charge is -2.34. The van der Waals surface area contributed by atoms with Crippen molar-refractivity contribution < 1.29 is 32.4 Å². The number of nitrogens with two attached hydrogens (primary N) is 1. The number of hydrogen-bond donors (Lipinski definition) is 1. The molecule has 3 heterocycles. The number of anilines is 2. The van der Waals surface area contributed by atoms with Crippen molar-refractivity contribution in [2.45, 2.75) is 0 Å². The molecule has 0 saturated carbocycles. The van der Waals surface area contributed by atoms with Crippen molar-refractivity contribution >= 4 is 28.6 Å². The molecule has 1 fully saturated rings. The fraction of sp³-hybridized carbons (Fsp3) is 0.316. The van der Waals surface area contributed by atoms with Gasteiger partial charge < -0.3 is 29.4 Å². The molecule has 0 bridgehead atoms. The number of carbonyl (C=O) groups is 1. The average Bonchev–Trinajstić information content (AvgIpc) is 3.25. The summed E-state index contributed by atoms with van der Waals surface area (Å²) >= 11 is 0. The quantitative estimate of drug-likeness (QED) is 0.715. The third kappa shape index (κ3) is 3.15. The lowest BCUT2D eigenvalue weighted by atomic mass is 10.2. The van der Waals surface area contributed by atoms with E-state index in [-0.39, 0.29) is 28.4 Å². The van der Waals surface area contributed by atoms with E-state index in [0.29, 0.717) is 4.90 Å². The van der Waals surface area contributed by atoms with Crippen LogP contribution in [0.2, 0.25) is 0 Å². The molecule has 2 aromatic heterocycles. The highest BCUT2D eigenvalue weighted by Gasteiger charge is 2.25. The van der Waals surface area contributed by atoms with Crippen molar-refractivity contribution in [3.8, 4) is 11.5 Å². The number of methoxy groups -OCH3 is 2. The third-order valence-electron chi connectivity index (χ3n) is 4.06. The first kappa shape index (κ1) is 9.63. The van der Waals surface area contributed by atoms with E-state index in [2.05, 4.69) is 9.97 Å². The SMILES string of the molecule is [2H]C([2H])([2H])Oc1cc2nc(N3CC([2H])([2H])N(C(=O)c4ccco4)C([2H])([2H])C3)nc(N)c2cc1OC([2H])([2H])[2H]. The smallest absolute Gasteiger partial charge is 0.289 e. The predicted molar refractivity (Wildman–Crippen MR) is 104 cm³/mol. The van der Waals surface area contributed by atoms with Gasteiger partial charge in [-0.2, -0.15) is 4.98 Å². The average molecular weight is 393 g/mol. The molecule has 9 heteroatoms. The van der Waals surface area contributed by atoms with Crippen molar-refractivity contribution in [3.05, 3.63) is 36.3 Å². The second-order valence-corrected chi connectivity index (χ2v) is 5.72. The van der Waals surface area contributed by atoms with Crippen LogP contribution in [0.3, 0.4) is 0 Å². The Hall–Kier alpha value is -3.49. The van der Waals surface area contributed by atoms with Gasteiger partial charge >= 0.3 is 0 Å². The van der Waals surface area contributed by atoms with Gasteiger partial charge in [0.2, 0.25) is 5.95 Å². The maximum atomic E-state index is 12.8. The lowest BCUT2D eigenvalue weighted by Crippen LogP contribution is -2.49. The molecule has 146 valence electrons. The number of nitrogens with zero attached hydrogens (tertiary/aromatic N) is 4. The number of rotatable bonds is 4. The first-order valence-electron chi connectivity index (χ1n) is 13.0. The highest BCUT2D eigenvalue weighted by atomic mass is 16.5. The first-order chi connectivity index (χ1) is 17.4. The van der Waals surface area contributed by atoms with Crippen molar-refractivity contribution in [2.24, 2.45) is 0 Å². The van der Waals surface area contributed by atoms with Gasteiger partial charge in [0.05, 0.1) is 39.6 Å².